The number of carboxylic acids is 1. The van der Waals surface area contributed by atoms with Crippen molar-refractivity contribution in [2.24, 2.45) is 0 Å². The van der Waals surface area contributed by atoms with Crippen LogP contribution >= 0.6 is 11.6 Å². The highest BCUT2D eigenvalue weighted by Crippen LogP contribution is 2.26. The number of carbonyl (C=O) groups excluding carboxylic acids is 2. The number of aromatic carboxylic acids is 1. The van der Waals surface area contributed by atoms with Gasteiger partial charge in [0.1, 0.15) is 5.69 Å². The summed E-state index contributed by atoms with van der Waals surface area (Å²) in [5.41, 5.74) is 1.57. The summed E-state index contributed by atoms with van der Waals surface area (Å²) in [5, 5.41) is 13.1. The summed E-state index contributed by atoms with van der Waals surface area (Å²) < 4.78 is 4.94. The number of hydrogen-bond donors (Lipinski definition) is 3. The number of amides is 1. The Morgan fingerprint density at radius 1 is 1.18 bits per heavy atom. The molecule has 7 nitrogen and oxygen atoms in total. The summed E-state index contributed by atoms with van der Waals surface area (Å²) in [6.45, 7) is 1.95. The van der Waals surface area contributed by atoms with Crippen molar-refractivity contribution in [2.75, 3.05) is 11.9 Å². The Morgan fingerprint density at radius 3 is 2.68 bits per heavy atom. The molecule has 0 bridgehead atoms. The Morgan fingerprint density at radius 2 is 1.96 bits per heavy atom. The molecule has 0 aliphatic carbocycles. The smallest absolute Gasteiger partial charge is 0.352 e. The van der Waals surface area contributed by atoms with E-state index in [1.165, 1.54) is 6.07 Å². The molecule has 0 aliphatic rings. The first-order valence-corrected chi connectivity index (χ1v) is 8.87. The lowest BCUT2D eigenvalue weighted by molar-refractivity contribution is -0.115. The van der Waals surface area contributed by atoms with Crippen LogP contribution in [0, 0.1) is 0 Å². The Balaban J connectivity index is 1.85. The second-order valence-corrected chi connectivity index (χ2v) is 6.44. The van der Waals surface area contributed by atoms with Gasteiger partial charge in [0.2, 0.25) is 5.91 Å². The minimum absolute atomic E-state index is 0.0623. The molecule has 0 atom stereocenters. The third-order valence-electron chi connectivity index (χ3n) is 4.08. The van der Waals surface area contributed by atoms with E-state index in [0.29, 0.717) is 32.7 Å². The molecule has 2 aromatic carbocycles. The Labute approximate surface area is 165 Å². The van der Waals surface area contributed by atoms with Gasteiger partial charge in [-0.2, -0.15) is 0 Å². The van der Waals surface area contributed by atoms with Crippen LogP contribution in [0.2, 0.25) is 5.02 Å². The SMILES string of the molecule is CCOC(=O)c1cccc(NC(=O)Cc2c(C(=O)O)[nH]c3ccc(Cl)cc23)c1. The molecule has 8 heteroatoms. The molecule has 3 aromatic rings. The van der Waals surface area contributed by atoms with E-state index in [4.69, 9.17) is 16.3 Å². The van der Waals surface area contributed by atoms with E-state index in [0.717, 1.165) is 0 Å². The normalized spacial score (nSPS) is 10.6. The van der Waals surface area contributed by atoms with Crippen molar-refractivity contribution in [1.82, 2.24) is 4.98 Å². The summed E-state index contributed by atoms with van der Waals surface area (Å²) in [5.74, 6) is -2.08. The van der Waals surface area contributed by atoms with Crippen molar-refractivity contribution in [2.45, 2.75) is 13.3 Å². The molecular weight excluding hydrogens is 384 g/mol. The Bertz CT molecular complexity index is 1070. The van der Waals surface area contributed by atoms with E-state index < -0.39 is 17.8 Å². The monoisotopic (exact) mass is 400 g/mol. The first-order chi connectivity index (χ1) is 13.4. The third kappa shape index (κ3) is 4.15. The fraction of sp³-hybridized carbons (Fsp3) is 0.150. The standard InChI is InChI=1S/C20H17ClN2O5/c1-2-28-20(27)11-4-3-5-13(8-11)22-17(24)10-15-14-9-12(21)6-7-16(14)23-18(15)19(25)26/h3-9,23H,2,10H2,1H3,(H,22,24)(H,25,26). The van der Waals surface area contributed by atoms with E-state index in [9.17, 15) is 19.5 Å². The van der Waals surface area contributed by atoms with Crippen LogP contribution in [0.1, 0.15) is 33.3 Å². The minimum Gasteiger partial charge on any atom is -0.477 e. The number of rotatable bonds is 6. The molecule has 28 heavy (non-hydrogen) atoms. The number of fused-ring (bicyclic) bond motifs is 1. The largest absolute Gasteiger partial charge is 0.477 e. The third-order valence-corrected chi connectivity index (χ3v) is 4.31. The molecule has 0 fully saturated rings. The van der Waals surface area contributed by atoms with E-state index >= 15 is 0 Å². The lowest BCUT2D eigenvalue weighted by Crippen LogP contribution is -2.16. The van der Waals surface area contributed by atoms with Gasteiger partial charge in [0, 0.05) is 27.2 Å². The maximum absolute atomic E-state index is 12.5. The van der Waals surface area contributed by atoms with E-state index in [1.54, 1.807) is 43.3 Å². The number of benzene rings is 2. The quantitative estimate of drug-likeness (QED) is 0.544. The molecule has 0 aliphatic heterocycles. The van der Waals surface area contributed by atoms with Crippen LogP contribution in [0.25, 0.3) is 10.9 Å². The molecule has 1 heterocycles. The molecule has 0 radical (unpaired) electrons. The van der Waals surface area contributed by atoms with Crippen LogP contribution in [0.4, 0.5) is 5.69 Å². The lowest BCUT2D eigenvalue weighted by atomic mass is 10.1. The Kier molecular flexibility index (Phi) is 5.65. The van der Waals surface area contributed by atoms with Gasteiger partial charge in [-0.25, -0.2) is 9.59 Å². The summed E-state index contributed by atoms with van der Waals surface area (Å²) in [6, 6.07) is 11.2. The Hall–Kier alpha value is -3.32. The molecule has 3 rings (SSSR count). The molecule has 144 valence electrons. The number of anilines is 1. The van der Waals surface area contributed by atoms with Gasteiger partial charge < -0.3 is 20.1 Å². The predicted molar refractivity (Wildman–Crippen MR) is 105 cm³/mol. The maximum atomic E-state index is 12.5. The second kappa shape index (κ2) is 8.14. The van der Waals surface area contributed by atoms with Crippen molar-refractivity contribution < 1.29 is 24.2 Å². The molecule has 0 saturated carbocycles. The van der Waals surface area contributed by atoms with Crippen LogP contribution in [-0.2, 0) is 16.0 Å². The number of carbonyl (C=O) groups is 3. The van der Waals surface area contributed by atoms with Gasteiger partial charge in [-0.15, -0.1) is 0 Å². The van der Waals surface area contributed by atoms with Gasteiger partial charge in [-0.3, -0.25) is 4.79 Å². The molecule has 0 spiro atoms. The minimum atomic E-state index is -1.17. The second-order valence-electron chi connectivity index (χ2n) is 6.00. The van der Waals surface area contributed by atoms with Gasteiger partial charge in [-0.1, -0.05) is 17.7 Å². The number of aromatic nitrogens is 1. The number of halogens is 1. The van der Waals surface area contributed by atoms with E-state index in [2.05, 4.69) is 10.3 Å². The van der Waals surface area contributed by atoms with Crippen LogP contribution in [0.15, 0.2) is 42.5 Å². The van der Waals surface area contributed by atoms with E-state index in [-0.39, 0.29) is 18.7 Å². The highest BCUT2D eigenvalue weighted by atomic mass is 35.5. The van der Waals surface area contributed by atoms with Crippen molar-refractivity contribution in [3.05, 3.63) is 64.3 Å². The zero-order valence-electron chi connectivity index (χ0n) is 14.9. The fourth-order valence-corrected chi connectivity index (χ4v) is 3.06. The number of aromatic amines is 1. The van der Waals surface area contributed by atoms with Gasteiger partial charge in [0.05, 0.1) is 18.6 Å². The van der Waals surface area contributed by atoms with Crippen LogP contribution in [0.5, 0.6) is 0 Å². The number of esters is 1. The van der Waals surface area contributed by atoms with Crippen molar-refractivity contribution in [3.63, 3.8) is 0 Å². The molecule has 3 N–H and O–H groups in total. The van der Waals surface area contributed by atoms with Crippen molar-refractivity contribution in [1.29, 1.82) is 0 Å². The van der Waals surface area contributed by atoms with Gasteiger partial charge >= 0.3 is 11.9 Å². The fourth-order valence-electron chi connectivity index (χ4n) is 2.89. The molecule has 1 amide bonds. The number of hydrogen-bond acceptors (Lipinski definition) is 4. The van der Waals surface area contributed by atoms with Crippen LogP contribution in [-0.4, -0.2) is 34.5 Å². The summed E-state index contributed by atoms with van der Waals surface area (Å²) in [4.78, 5) is 38.7. The number of nitrogens with one attached hydrogen (secondary N) is 2. The van der Waals surface area contributed by atoms with Crippen LogP contribution < -0.4 is 5.32 Å². The summed E-state index contributed by atoms with van der Waals surface area (Å²) in [7, 11) is 0. The summed E-state index contributed by atoms with van der Waals surface area (Å²) >= 11 is 6.01. The zero-order valence-corrected chi connectivity index (χ0v) is 15.7. The number of ether oxygens (including phenoxy) is 1. The van der Waals surface area contributed by atoms with Gasteiger partial charge in [0.15, 0.2) is 0 Å². The first-order valence-electron chi connectivity index (χ1n) is 8.49. The average Bonchev–Trinajstić information content (AvgIpc) is 3.00. The number of carboxylic acid groups (broad SMARTS) is 1. The highest BCUT2D eigenvalue weighted by Gasteiger charge is 2.20. The zero-order chi connectivity index (χ0) is 20.3. The average molecular weight is 401 g/mol. The molecular formula is C20H17ClN2O5. The van der Waals surface area contributed by atoms with Gasteiger partial charge in [0.25, 0.3) is 0 Å². The lowest BCUT2D eigenvalue weighted by Gasteiger charge is -2.08. The summed E-state index contributed by atoms with van der Waals surface area (Å²) in [6.07, 6.45) is -0.175. The van der Waals surface area contributed by atoms with Crippen LogP contribution in [0.3, 0.4) is 0 Å². The number of H-pyrrole nitrogens is 1. The highest BCUT2D eigenvalue weighted by molar-refractivity contribution is 6.31. The topological polar surface area (TPSA) is 108 Å². The van der Waals surface area contributed by atoms with E-state index in [1.807, 2.05) is 0 Å². The molecule has 1 aromatic heterocycles. The molecule has 0 unspecified atom stereocenters. The van der Waals surface area contributed by atoms with Crippen molar-refractivity contribution in [3.8, 4) is 0 Å². The first kappa shape index (κ1) is 19.4. The molecule has 0 saturated heterocycles. The van der Waals surface area contributed by atoms with Crippen molar-refractivity contribution >= 4 is 46.0 Å². The maximum Gasteiger partial charge on any atom is 0.352 e. The van der Waals surface area contributed by atoms with Gasteiger partial charge in [-0.05, 0) is 43.3 Å². The predicted octanol–water partition coefficient (Wildman–Crippen LogP) is 3.88.